The zero-order valence-electron chi connectivity index (χ0n) is 14.8. The highest BCUT2D eigenvalue weighted by molar-refractivity contribution is 5.76. The SMILES string of the molecule is Cc1ccc(C2C(C)CCCN2C(=O)CCCCCCN)cc1. The summed E-state index contributed by atoms with van der Waals surface area (Å²) in [5, 5.41) is 0. The van der Waals surface area contributed by atoms with E-state index in [0.717, 1.165) is 45.2 Å². The summed E-state index contributed by atoms with van der Waals surface area (Å²) in [6.07, 6.45) is 7.33. The molecule has 1 fully saturated rings. The topological polar surface area (TPSA) is 46.3 Å². The number of hydrogen-bond donors (Lipinski definition) is 1. The number of nitrogens with zero attached hydrogens (tertiary/aromatic N) is 1. The molecule has 2 atom stereocenters. The van der Waals surface area contributed by atoms with E-state index in [1.165, 1.54) is 17.5 Å². The molecule has 128 valence electrons. The van der Waals surface area contributed by atoms with Gasteiger partial charge in [-0.15, -0.1) is 0 Å². The van der Waals surface area contributed by atoms with Gasteiger partial charge in [0.1, 0.15) is 0 Å². The number of rotatable bonds is 7. The highest BCUT2D eigenvalue weighted by Crippen LogP contribution is 2.36. The first-order valence-corrected chi connectivity index (χ1v) is 9.19. The Hall–Kier alpha value is -1.35. The second-order valence-electron chi connectivity index (χ2n) is 7.02. The summed E-state index contributed by atoms with van der Waals surface area (Å²) < 4.78 is 0. The van der Waals surface area contributed by atoms with E-state index in [2.05, 4.69) is 43.0 Å². The fraction of sp³-hybridized carbons (Fsp3) is 0.650. The Balaban J connectivity index is 1.99. The molecular formula is C20H32N2O. The molecule has 3 nitrogen and oxygen atoms in total. The summed E-state index contributed by atoms with van der Waals surface area (Å²) in [5.41, 5.74) is 8.08. The van der Waals surface area contributed by atoms with Crippen molar-refractivity contribution in [2.24, 2.45) is 11.7 Å². The molecule has 2 N–H and O–H groups in total. The quantitative estimate of drug-likeness (QED) is 0.766. The predicted octanol–water partition coefficient (Wildman–Crippen LogP) is 4.20. The lowest BCUT2D eigenvalue weighted by molar-refractivity contribution is -0.136. The van der Waals surface area contributed by atoms with Gasteiger partial charge in [-0.1, -0.05) is 49.6 Å². The van der Waals surface area contributed by atoms with Crippen LogP contribution in [0.5, 0.6) is 0 Å². The maximum absolute atomic E-state index is 12.7. The van der Waals surface area contributed by atoms with Gasteiger partial charge in [0, 0.05) is 13.0 Å². The lowest BCUT2D eigenvalue weighted by Gasteiger charge is -2.40. The van der Waals surface area contributed by atoms with Crippen molar-refractivity contribution in [2.75, 3.05) is 13.1 Å². The van der Waals surface area contributed by atoms with Crippen molar-refractivity contribution < 1.29 is 4.79 Å². The lowest BCUT2D eigenvalue weighted by Crippen LogP contribution is -2.42. The molecule has 1 aromatic carbocycles. The van der Waals surface area contributed by atoms with Gasteiger partial charge in [-0.2, -0.15) is 0 Å². The summed E-state index contributed by atoms with van der Waals surface area (Å²) in [4.78, 5) is 14.9. The normalized spacial score (nSPS) is 21.4. The van der Waals surface area contributed by atoms with Gasteiger partial charge in [0.2, 0.25) is 5.91 Å². The Labute approximate surface area is 141 Å². The van der Waals surface area contributed by atoms with Gasteiger partial charge in [0.15, 0.2) is 0 Å². The third-order valence-electron chi connectivity index (χ3n) is 5.02. The van der Waals surface area contributed by atoms with E-state index >= 15 is 0 Å². The zero-order chi connectivity index (χ0) is 16.7. The van der Waals surface area contributed by atoms with E-state index in [1.807, 2.05) is 0 Å². The summed E-state index contributed by atoms with van der Waals surface area (Å²) in [6.45, 7) is 6.06. The Bertz CT molecular complexity index is 483. The van der Waals surface area contributed by atoms with Crippen LogP contribution in [0.25, 0.3) is 0 Å². The number of nitrogens with two attached hydrogens (primary N) is 1. The first-order chi connectivity index (χ1) is 11.1. The molecule has 0 saturated carbocycles. The Kier molecular flexibility index (Phi) is 7.10. The van der Waals surface area contributed by atoms with Crippen molar-refractivity contribution >= 4 is 5.91 Å². The highest BCUT2D eigenvalue weighted by atomic mass is 16.2. The molecule has 2 unspecified atom stereocenters. The fourth-order valence-corrected chi connectivity index (χ4v) is 3.66. The van der Waals surface area contributed by atoms with Crippen LogP contribution in [0, 0.1) is 12.8 Å². The number of unbranched alkanes of at least 4 members (excludes halogenated alkanes) is 3. The number of likely N-dealkylation sites (tertiary alicyclic amines) is 1. The average Bonchev–Trinajstić information content (AvgIpc) is 2.55. The third kappa shape index (κ3) is 5.07. The van der Waals surface area contributed by atoms with Gasteiger partial charge >= 0.3 is 0 Å². The van der Waals surface area contributed by atoms with Crippen molar-refractivity contribution in [3.05, 3.63) is 35.4 Å². The number of amides is 1. The van der Waals surface area contributed by atoms with Gasteiger partial charge in [-0.05, 0) is 50.6 Å². The molecule has 0 spiro atoms. The molecule has 0 bridgehead atoms. The van der Waals surface area contributed by atoms with Crippen LogP contribution < -0.4 is 5.73 Å². The monoisotopic (exact) mass is 316 g/mol. The molecule has 3 heteroatoms. The number of piperidine rings is 1. The van der Waals surface area contributed by atoms with E-state index < -0.39 is 0 Å². The summed E-state index contributed by atoms with van der Waals surface area (Å²) in [5.74, 6) is 0.863. The summed E-state index contributed by atoms with van der Waals surface area (Å²) in [6, 6.07) is 8.96. The number of carbonyl (C=O) groups is 1. The van der Waals surface area contributed by atoms with E-state index in [4.69, 9.17) is 5.73 Å². The molecule has 2 rings (SSSR count). The van der Waals surface area contributed by atoms with Crippen molar-refractivity contribution in [3.8, 4) is 0 Å². The zero-order valence-corrected chi connectivity index (χ0v) is 14.8. The van der Waals surface area contributed by atoms with E-state index in [1.54, 1.807) is 0 Å². The maximum Gasteiger partial charge on any atom is 0.223 e. The molecule has 1 heterocycles. The average molecular weight is 316 g/mol. The number of benzene rings is 1. The van der Waals surface area contributed by atoms with E-state index in [0.29, 0.717) is 18.2 Å². The molecule has 1 aromatic rings. The van der Waals surface area contributed by atoms with Gasteiger partial charge < -0.3 is 10.6 Å². The van der Waals surface area contributed by atoms with Gasteiger partial charge in [0.05, 0.1) is 6.04 Å². The second kappa shape index (κ2) is 9.07. The minimum Gasteiger partial charge on any atom is -0.335 e. The molecular weight excluding hydrogens is 284 g/mol. The van der Waals surface area contributed by atoms with Crippen molar-refractivity contribution in [1.29, 1.82) is 0 Å². The van der Waals surface area contributed by atoms with Gasteiger partial charge in [0.25, 0.3) is 0 Å². The number of carbonyl (C=O) groups excluding carboxylic acids is 1. The van der Waals surface area contributed by atoms with Crippen LogP contribution in [0.15, 0.2) is 24.3 Å². The van der Waals surface area contributed by atoms with Crippen LogP contribution in [0.1, 0.15) is 69.0 Å². The van der Waals surface area contributed by atoms with Crippen LogP contribution >= 0.6 is 0 Å². The van der Waals surface area contributed by atoms with E-state index in [-0.39, 0.29) is 6.04 Å². The first-order valence-electron chi connectivity index (χ1n) is 9.19. The first kappa shape index (κ1) is 18.0. The minimum absolute atomic E-state index is 0.251. The molecule has 1 aliphatic heterocycles. The van der Waals surface area contributed by atoms with Crippen molar-refractivity contribution in [2.45, 2.75) is 64.8 Å². The number of aryl methyl sites for hydroxylation is 1. The largest absolute Gasteiger partial charge is 0.335 e. The smallest absolute Gasteiger partial charge is 0.223 e. The Morgan fingerprint density at radius 3 is 2.57 bits per heavy atom. The molecule has 0 aliphatic carbocycles. The molecule has 0 radical (unpaired) electrons. The van der Waals surface area contributed by atoms with E-state index in [9.17, 15) is 4.79 Å². The summed E-state index contributed by atoms with van der Waals surface area (Å²) in [7, 11) is 0. The second-order valence-corrected chi connectivity index (χ2v) is 7.02. The number of hydrogen-bond acceptors (Lipinski definition) is 2. The van der Waals surface area contributed by atoms with Crippen LogP contribution in [-0.4, -0.2) is 23.9 Å². The third-order valence-corrected chi connectivity index (χ3v) is 5.02. The molecule has 0 aromatic heterocycles. The molecule has 1 amide bonds. The van der Waals surface area contributed by atoms with Gasteiger partial charge in [-0.3, -0.25) is 4.79 Å². The standard InChI is InChI=1S/C20H32N2O/c1-16-10-12-18(13-11-16)20-17(2)8-7-15-22(20)19(23)9-5-3-4-6-14-21/h10-13,17,20H,3-9,14-15,21H2,1-2H3. The van der Waals surface area contributed by atoms with Gasteiger partial charge in [-0.25, -0.2) is 0 Å². The molecule has 1 saturated heterocycles. The fourth-order valence-electron chi connectivity index (χ4n) is 3.66. The highest BCUT2D eigenvalue weighted by Gasteiger charge is 2.32. The van der Waals surface area contributed by atoms with Crippen LogP contribution in [0.4, 0.5) is 0 Å². The molecule has 1 aliphatic rings. The van der Waals surface area contributed by atoms with Crippen LogP contribution in [0.2, 0.25) is 0 Å². The Morgan fingerprint density at radius 2 is 1.87 bits per heavy atom. The molecule has 23 heavy (non-hydrogen) atoms. The maximum atomic E-state index is 12.7. The van der Waals surface area contributed by atoms with Crippen molar-refractivity contribution in [3.63, 3.8) is 0 Å². The van der Waals surface area contributed by atoms with Crippen LogP contribution in [0.3, 0.4) is 0 Å². The minimum atomic E-state index is 0.251. The lowest BCUT2D eigenvalue weighted by atomic mass is 9.85. The van der Waals surface area contributed by atoms with Crippen molar-refractivity contribution in [1.82, 2.24) is 4.90 Å². The summed E-state index contributed by atoms with van der Waals surface area (Å²) >= 11 is 0. The Morgan fingerprint density at radius 1 is 1.17 bits per heavy atom. The van der Waals surface area contributed by atoms with Crippen LogP contribution in [-0.2, 0) is 4.79 Å². The predicted molar refractivity (Wildman–Crippen MR) is 96.2 cm³/mol.